The molecule has 0 bridgehead atoms. The minimum absolute atomic E-state index is 0.0340. The lowest BCUT2D eigenvalue weighted by Crippen LogP contribution is -2.01. The van der Waals surface area contributed by atoms with E-state index in [2.05, 4.69) is 4.98 Å². The van der Waals surface area contributed by atoms with E-state index in [1.54, 1.807) is 25.4 Å². The maximum Gasteiger partial charge on any atom is 0.180 e. The van der Waals surface area contributed by atoms with E-state index >= 15 is 0 Å². The van der Waals surface area contributed by atoms with Crippen LogP contribution in [0.3, 0.4) is 0 Å². The van der Waals surface area contributed by atoms with Crippen molar-refractivity contribution in [3.63, 3.8) is 0 Å². The number of nitrogens with zero attached hydrogens (tertiary/aromatic N) is 1. The second kappa shape index (κ2) is 6.70. The normalized spacial score (nSPS) is 10.1. The average molecular weight is 271 g/mol. The van der Waals surface area contributed by atoms with Gasteiger partial charge in [0.1, 0.15) is 23.8 Å². The fourth-order valence-electron chi connectivity index (χ4n) is 1.70. The van der Waals surface area contributed by atoms with Crippen LogP contribution in [0.15, 0.2) is 42.6 Å². The third-order valence-corrected chi connectivity index (χ3v) is 2.91. The Hall–Kier alpha value is -2.36. The number of ketones is 1. The first-order chi connectivity index (χ1) is 9.72. The molecule has 0 amide bonds. The van der Waals surface area contributed by atoms with Crippen LogP contribution in [-0.2, 0) is 6.61 Å². The highest BCUT2D eigenvalue weighted by atomic mass is 16.5. The van der Waals surface area contributed by atoms with Crippen LogP contribution in [0.5, 0.6) is 11.5 Å². The van der Waals surface area contributed by atoms with Gasteiger partial charge in [0.05, 0.1) is 13.3 Å². The van der Waals surface area contributed by atoms with E-state index in [4.69, 9.17) is 9.47 Å². The molecule has 1 heterocycles. The van der Waals surface area contributed by atoms with Crippen LogP contribution >= 0.6 is 0 Å². The number of pyridine rings is 1. The zero-order valence-electron chi connectivity index (χ0n) is 11.6. The summed E-state index contributed by atoms with van der Waals surface area (Å²) < 4.78 is 10.7. The molecule has 4 heteroatoms. The number of carbonyl (C=O) groups excluding carboxylic acids is 1. The van der Waals surface area contributed by atoms with Gasteiger partial charge in [-0.15, -0.1) is 0 Å². The predicted molar refractivity (Wildman–Crippen MR) is 76.2 cm³/mol. The molecule has 0 fully saturated rings. The Balaban J connectivity index is 1.94. The monoisotopic (exact) mass is 271 g/mol. The maximum absolute atomic E-state index is 11.4. The van der Waals surface area contributed by atoms with Crippen LogP contribution in [0.25, 0.3) is 0 Å². The van der Waals surface area contributed by atoms with Gasteiger partial charge >= 0.3 is 0 Å². The van der Waals surface area contributed by atoms with Crippen LogP contribution in [0, 0.1) is 0 Å². The highest BCUT2D eigenvalue weighted by Crippen LogP contribution is 2.15. The first-order valence-corrected chi connectivity index (χ1v) is 6.48. The lowest BCUT2D eigenvalue weighted by molar-refractivity contribution is 0.0983. The number of ether oxygens (including phenoxy) is 2. The minimum Gasteiger partial charge on any atom is -0.497 e. The number of hydrogen-bond acceptors (Lipinski definition) is 4. The molecule has 1 aromatic carbocycles. The summed E-state index contributed by atoms with van der Waals surface area (Å²) in [6, 6.07) is 11.1. The van der Waals surface area contributed by atoms with E-state index in [-0.39, 0.29) is 5.78 Å². The van der Waals surface area contributed by atoms with E-state index in [1.807, 2.05) is 31.2 Å². The summed E-state index contributed by atoms with van der Waals surface area (Å²) in [4.78, 5) is 15.5. The summed E-state index contributed by atoms with van der Waals surface area (Å²) in [5, 5.41) is 0. The molecule has 2 aromatic rings. The molecule has 0 atom stereocenters. The summed E-state index contributed by atoms with van der Waals surface area (Å²) in [5.74, 6) is 1.50. The lowest BCUT2D eigenvalue weighted by atomic mass is 10.2. The number of hydrogen-bond donors (Lipinski definition) is 0. The predicted octanol–water partition coefficient (Wildman–Crippen LogP) is 3.26. The fraction of sp³-hybridized carbons (Fsp3) is 0.250. The SMILES string of the molecule is CCC(=O)c1ccc(OCc2ccc(OC)cc2)cn1. The largest absolute Gasteiger partial charge is 0.497 e. The van der Waals surface area contributed by atoms with Crippen LogP contribution in [0.1, 0.15) is 29.4 Å². The van der Waals surface area contributed by atoms with Gasteiger partial charge in [0, 0.05) is 6.42 Å². The van der Waals surface area contributed by atoms with Crippen molar-refractivity contribution in [1.82, 2.24) is 4.98 Å². The third kappa shape index (κ3) is 3.57. The minimum atomic E-state index is 0.0340. The molecule has 0 saturated heterocycles. The molecular weight excluding hydrogens is 254 g/mol. The fourth-order valence-corrected chi connectivity index (χ4v) is 1.70. The van der Waals surface area contributed by atoms with Gasteiger partial charge in [-0.3, -0.25) is 4.79 Å². The van der Waals surface area contributed by atoms with Gasteiger partial charge < -0.3 is 9.47 Å². The van der Waals surface area contributed by atoms with Crippen molar-refractivity contribution in [1.29, 1.82) is 0 Å². The molecule has 0 N–H and O–H groups in total. The number of methoxy groups -OCH3 is 1. The summed E-state index contributed by atoms with van der Waals surface area (Å²) in [6.07, 6.45) is 2.03. The third-order valence-electron chi connectivity index (χ3n) is 2.91. The highest BCUT2D eigenvalue weighted by Gasteiger charge is 2.04. The molecule has 0 aliphatic rings. The molecular formula is C16H17NO3. The van der Waals surface area contributed by atoms with E-state index in [9.17, 15) is 4.79 Å². The summed E-state index contributed by atoms with van der Waals surface area (Å²) in [6.45, 7) is 2.27. The topological polar surface area (TPSA) is 48.4 Å². The number of benzene rings is 1. The molecule has 0 spiro atoms. The number of carbonyl (C=O) groups is 1. The molecule has 104 valence electrons. The van der Waals surface area contributed by atoms with Gasteiger partial charge in [0.2, 0.25) is 0 Å². The molecule has 1 aromatic heterocycles. The molecule has 0 radical (unpaired) electrons. The Labute approximate surface area is 118 Å². The van der Waals surface area contributed by atoms with Crippen LogP contribution < -0.4 is 9.47 Å². The Bertz CT molecular complexity index is 561. The second-order valence-electron chi connectivity index (χ2n) is 4.29. The maximum atomic E-state index is 11.4. The summed E-state index contributed by atoms with van der Waals surface area (Å²) in [5.41, 5.74) is 1.52. The molecule has 2 rings (SSSR count). The first-order valence-electron chi connectivity index (χ1n) is 6.48. The number of Topliss-reactive ketones (excluding diaryl/α,β-unsaturated/α-hetero) is 1. The Kier molecular flexibility index (Phi) is 4.71. The van der Waals surface area contributed by atoms with Gasteiger partial charge in [-0.2, -0.15) is 0 Å². The lowest BCUT2D eigenvalue weighted by Gasteiger charge is -2.07. The van der Waals surface area contributed by atoms with Crippen molar-refractivity contribution in [2.24, 2.45) is 0 Å². The van der Waals surface area contributed by atoms with Crippen LogP contribution in [-0.4, -0.2) is 17.9 Å². The smallest absolute Gasteiger partial charge is 0.180 e. The number of rotatable bonds is 6. The zero-order valence-corrected chi connectivity index (χ0v) is 11.6. The van der Waals surface area contributed by atoms with E-state index < -0.39 is 0 Å². The van der Waals surface area contributed by atoms with Crippen molar-refractivity contribution in [3.8, 4) is 11.5 Å². The Morgan fingerprint density at radius 2 is 1.80 bits per heavy atom. The molecule has 0 saturated carbocycles. The molecule has 0 aliphatic carbocycles. The van der Waals surface area contributed by atoms with Crippen molar-refractivity contribution >= 4 is 5.78 Å². The van der Waals surface area contributed by atoms with Gasteiger partial charge in [-0.05, 0) is 29.8 Å². The van der Waals surface area contributed by atoms with Gasteiger partial charge in [-0.1, -0.05) is 19.1 Å². The standard InChI is InChI=1S/C16H17NO3/c1-3-16(18)15-9-8-14(10-17-15)20-11-12-4-6-13(19-2)7-5-12/h4-10H,3,11H2,1-2H3. The van der Waals surface area contributed by atoms with Crippen LogP contribution in [0.2, 0.25) is 0 Å². The Morgan fingerprint density at radius 1 is 1.10 bits per heavy atom. The van der Waals surface area contributed by atoms with E-state index in [0.29, 0.717) is 24.5 Å². The van der Waals surface area contributed by atoms with E-state index in [0.717, 1.165) is 11.3 Å². The van der Waals surface area contributed by atoms with Crippen LogP contribution in [0.4, 0.5) is 0 Å². The van der Waals surface area contributed by atoms with Gasteiger partial charge in [0.15, 0.2) is 5.78 Å². The van der Waals surface area contributed by atoms with Crippen molar-refractivity contribution in [3.05, 3.63) is 53.9 Å². The van der Waals surface area contributed by atoms with Gasteiger partial charge in [0.25, 0.3) is 0 Å². The van der Waals surface area contributed by atoms with E-state index in [1.165, 1.54) is 0 Å². The van der Waals surface area contributed by atoms with Gasteiger partial charge in [-0.25, -0.2) is 4.98 Å². The summed E-state index contributed by atoms with van der Waals surface area (Å²) in [7, 11) is 1.64. The van der Waals surface area contributed by atoms with Crippen molar-refractivity contribution < 1.29 is 14.3 Å². The second-order valence-corrected chi connectivity index (χ2v) is 4.29. The highest BCUT2D eigenvalue weighted by molar-refractivity contribution is 5.93. The van der Waals surface area contributed by atoms with Crippen molar-refractivity contribution in [2.45, 2.75) is 20.0 Å². The average Bonchev–Trinajstić information content (AvgIpc) is 2.53. The quantitative estimate of drug-likeness (QED) is 0.757. The zero-order chi connectivity index (χ0) is 14.4. The van der Waals surface area contributed by atoms with Crippen molar-refractivity contribution in [2.75, 3.05) is 7.11 Å². The summed E-state index contributed by atoms with van der Waals surface area (Å²) >= 11 is 0. The first kappa shape index (κ1) is 14.1. The molecule has 0 aliphatic heterocycles. The molecule has 4 nitrogen and oxygen atoms in total. The molecule has 20 heavy (non-hydrogen) atoms. The molecule has 0 unspecified atom stereocenters. The Morgan fingerprint density at radius 3 is 2.35 bits per heavy atom. The number of aromatic nitrogens is 1.